The molecule has 1 N–H and O–H groups in total. The molecule has 128 valence electrons. The summed E-state index contributed by atoms with van der Waals surface area (Å²) >= 11 is 0. The van der Waals surface area contributed by atoms with Crippen LogP contribution >= 0.6 is 0 Å². The Labute approximate surface area is 146 Å². The molecule has 1 fully saturated rings. The molecule has 0 saturated heterocycles. The number of aromatic nitrogens is 2. The van der Waals surface area contributed by atoms with Crippen LogP contribution in [0.4, 0.5) is 0 Å². The molecule has 2 aromatic rings. The minimum absolute atomic E-state index is 0.0260. The second-order valence-electron chi connectivity index (χ2n) is 6.28. The Bertz CT molecular complexity index is 846. The van der Waals surface area contributed by atoms with E-state index >= 15 is 0 Å². The molecule has 0 aromatic carbocycles. The highest BCUT2D eigenvalue weighted by Gasteiger charge is 2.18. The molecule has 3 rings (SSSR count). The molecule has 1 saturated carbocycles. The number of nitrogens with zero attached hydrogens (tertiary/aromatic N) is 3. The van der Waals surface area contributed by atoms with Crippen molar-refractivity contribution in [1.29, 1.82) is 5.26 Å². The van der Waals surface area contributed by atoms with E-state index < -0.39 is 5.56 Å². The van der Waals surface area contributed by atoms with Gasteiger partial charge in [-0.1, -0.05) is 19.3 Å². The first-order valence-corrected chi connectivity index (χ1v) is 8.53. The minimum atomic E-state index is -0.456. The summed E-state index contributed by atoms with van der Waals surface area (Å²) in [6, 6.07) is 8.83. The molecule has 6 nitrogen and oxygen atoms in total. The molecule has 1 aliphatic rings. The van der Waals surface area contributed by atoms with Crippen molar-refractivity contribution < 1.29 is 4.79 Å². The Kier molecular flexibility index (Phi) is 5.24. The van der Waals surface area contributed by atoms with E-state index in [4.69, 9.17) is 5.26 Å². The van der Waals surface area contributed by atoms with Gasteiger partial charge in [-0.25, -0.2) is 0 Å². The maximum atomic E-state index is 12.6. The monoisotopic (exact) mass is 336 g/mol. The van der Waals surface area contributed by atoms with Gasteiger partial charge in [0.05, 0.1) is 5.69 Å². The Balaban J connectivity index is 1.89. The number of pyridine rings is 2. The van der Waals surface area contributed by atoms with Gasteiger partial charge in [0, 0.05) is 24.0 Å². The van der Waals surface area contributed by atoms with Crippen LogP contribution in [0.5, 0.6) is 0 Å². The second-order valence-corrected chi connectivity index (χ2v) is 6.28. The molecule has 0 unspecified atom stereocenters. The van der Waals surface area contributed by atoms with Gasteiger partial charge in [0.25, 0.3) is 5.56 Å². The summed E-state index contributed by atoms with van der Waals surface area (Å²) in [5.74, 6) is -0.200. The molecule has 6 heteroatoms. The maximum absolute atomic E-state index is 12.6. The zero-order chi connectivity index (χ0) is 17.6. The fourth-order valence-electron chi connectivity index (χ4n) is 3.25. The number of carbonyl (C=O) groups excluding carboxylic acids is 1. The lowest BCUT2D eigenvalue weighted by molar-refractivity contribution is -0.122. The van der Waals surface area contributed by atoms with Crippen LogP contribution < -0.4 is 10.9 Å². The van der Waals surface area contributed by atoms with Crippen molar-refractivity contribution in [2.75, 3.05) is 0 Å². The van der Waals surface area contributed by atoms with Gasteiger partial charge in [0.1, 0.15) is 18.2 Å². The molecule has 0 aliphatic heterocycles. The summed E-state index contributed by atoms with van der Waals surface area (Å²) in [4.78, 5) is 29.1. The summed E-state index contributed by atoms with van der Waals surface area (Å²) in [6.07, 6.45) is 8.69. The number of nitrogens with one attached hydrogen (secondary N) is 1. The highest BCUT2D eigenvalue weighted by molar-refractivity contribution is 5.77. The van der Waals surface area contributed by atoms with Crippen LogP contribution in [0.2, 0.25) is 0 Å². The van der Waals surface area contributed by atoms with Crippen molar-refractivity contribution in [3.05, 3.63) is 52.6 Å². The summed E-state index contributed by atoms with van der Waals surface area (Å²) < 4.78 is 1.35. The van der Waals surface area contributed by atoms with Crippen molar-refractivity contribution in [3.8, 4) is 17.3 Å². The van der Waals surface area contributed by atoms with Crippen molar-refractivity contribution in [1.82, 2.24) is 14.9 Å². The lowest BCUT2D eigenvalue weighted by Crippen LogP contribution is -2.40. The fourth-order valence-corrected chi connectivity index (χ4v) is 3.25. The minimum Gasteiger partial charge on any atom is -0.352 e. The standard InChI is InChI=1S/C19H20N4O2/c20-11-14-8-9-17(15-5-4-10-21-12-15)23(19(14)25)13-18(24)22-16-6-2-1-3-7-16/h4-5,8-10,12,16H,1-3,6-7,13H2,(H,22,24). The molecule has 0 spiro atoms. The first-order valence-electron chi connectivity index (χ1n) is 8.53. The summed E-state index contributed by atoms with van der Waals surface area (Å²) in [6.45, 7) is -0.102. The summed E-state index contributed by atoms with van der Waals surface area (Å²) in [5.41, 5.74) is 0.881. The molecule has 1 amide bonds. The van der Waals surface area contributed by atoms with Gasteiger partial charge in [-0.2, -0.15) is 5.26 Å². The topological polar surface area (TPSA) is 87.8 Å². The predicted molar refractivity (Wildman–Crippen MR) is 93.7 cm³/mol. The number of hydrogen-bond acceptors (Lipinski definition) is 4. The quantitative estimate of drug-likeness (QED) is 0.927. The molecular formula is C19H20N4O2. The van der Waals surface area contributed by atoms with E-state index in [0.29, 0.717) is 5.69 Å². The Morgan fingerprint density at radius 1 is 1.28 bits per heavy atom. The number of carbonyl (C=O) groups is 1. The number of amides is 1. The van der Waals surface area contributed by atoms with E-state index in [1.54, 1.807) is 24.5 Å². The van der Waals surface area contributed by atoms with Crippen LogP contribution in [0.25, 0.3) is 11.3 Å². The largest absolute Gasteiger partial charge is 0.352 e. The van der Waals surface area contributed by atoms with Gasteiger partial charge in [0.15, 0.2) is 0 Å². The molecule has 25 heavy (non-hydrogen) atoms. The number of nitriles is 1. The SMILES string of the molecule is N#Cc1ccc(-c2cccnc2)n(CC(=O)NC2CCCCC2)c1=O. The van der Waals surface area contributed by atoms with Crippen molar-refractivity contribution >= 4 is 5.91 Å². The van der Waals surface area contributed by atoms with Crippen LogP contribution in [-0.4, -0.2) is 21.5 Å². The van der Waals surface area contributed by atoms with Gasteiger partial charge in [-0.15, -0.1) is 0 Å². The highest BCUT2D eigenvalue weighted by atomic mass is 16.2. The molecular weight excluding hydrogens is 316 g/mol. The predicted octanol–water partition coefficient (Wildman–Crippen LogP) is 2.23. The average molecular weight is 336 g/mol. The van der Waals surface area contributed by atoms with Gasteiger partial charge in [-0.05, 0) is 37.1 Å². The smallest absolute Gasteiger partial charge is 0.269 e. The summed E-state index contributed by atoms with van der Waals surface area (Å²) in [7, 11) is 0. The zero-order valence-corrected chi connectivity index (χ0v) is 13.9. The van der Waals surface area contributed by atoms with Crippen molar-refractivity contribution in [2.24, 2.45) is 0 Å². The lowest BCUT2D eigenvalue weighted by Gasteiger charge is -2.23. The summed E-state index contributed by atoms with van der Waals surface area (Å²) in [5, 5.41) is 12.1. The molecule has 0 radical (unpaired) electrons. The molecule has 2 aromatic heterocycles. The van der Waals surface area contributed by atoms with Gasteiger partial charge in [-0.3, -0.25) is 19.1 Å². The van der Waals surface area contributed by atoms with E-state index in [0.717, 1.165) is 31.2 Å². The Morgan fingerprint density at radius 3 is 2.76 bits per heavy atom. The van der Waals surface area contributed by atoms with Gasteiger partial charge >= 0.3 is 0 Å². The number of rotatable bonds is 4. The molecule has 2 heterocycles. The molecule has 1 aliphatic carbocycles. The normalized spacial score (nSPS) is 14.7. The van der Waals surface area contributed by atoms with Crippen molar-refractivity contribution in [2.45, 2.75) is 44.7 Å². The van der Waals surface area contributed by atoms with Crippen LogP contribution in [0.1, 0.15) is 37.7 Å². The fraction of sp³-hybridized carbons (Fsp3) is 0.368. The first kappa shape index (κ1) is 16.9. The Hall–Kier alpha value is -2.94. The third-order valence-corrected chi connectivity index (χ3v) is 4.52. The van der Waals surface area contributed by atoms with Crippen molar-refractivity contribution in [3.63, 3.8) is 0 Å². The highest BCUT2D eigenvalue weighted by Crippen LogP contribution is 2.19. The lowest BCUT2D eigenvalue weighted by atomic mass is 9.95. The van der Waals surface area contributed by atoms with E-state index in [9.17, 15) is 9.59 Å². The van der Waals surface area contributed by atoms with Crippen LogP contribution in [0.3, 0.4) is 0 Å². The average Bonchev–Trinajstić information content (AvgIpc) is 2.65. The Morgan fingerprint density at radius 2 is 2.08 bits per heavy atom. The second kappa shape index (κ2) is 7.75. The zero-order valence-electron chi connectivity index (χ0n) is 13.9. The van der Waals surface area contributed by atoms with Crippen LogP contribution in [0, 0.1) is 11.3 Å². The van der Waals surface area contributed by atoms with Gasteiger partial charge in [0.2, 0.25) is 5.91 Å². The van der Waals surface area contributed by atoms with E-state index in [2.05, 4.69) is 10.3 Å². The van der Waals surface area contributed by atoms with Crippen LogP contribution in [-0.2, 0) is 11.3 Å². The first-order chi connectivity index (χ1) is 12.2. The number of hydrogen-bond donors (Lipinski definition) is 1. The van der Waals surface area contributed by atoms with E-state index in [-0.39, 0.29) is 24.1 Å². The van der Waals surface area contributed by atoms with Crippen LogP contribution in [0.15, 0.2) is 41.5 Å². The molecule has 0 bridgehead atoms. The third kappa shape index (κ3) is 3.94. The third-order valence-electron chi connectivity index (χ3n) is 4.52. The molecule has 0 atom stereocenters. The van der Waals surface area contributed by atoms with Gasteiger partial charge < -0.3 is 5.32 Å². The van der Waals surface area contributed by atoms with E-state index in [1.807, 2.05) is 12.1 Å². The van der Waals surface area contributed by atoms with E-state index in [1.165, 1.54) is 17.1 Å². The maximum Gasteiger partial charge on any atom is 0.269 e.